The van der Waals surface area contributed by atoms with Gasteiger partial charge in [0, 0.05) is 17.2 Å². The number of rotatable bonds is 4. The van der Waals surface area contributed by atoms with Crippen LogP contribution in [0.2, 0.25) is 0 Å². The van der Waals surface area contributed by atoms with E-state index in [2.05, 4.69) is 32.3 Å². The Morgan fingerprint density at radius 1 is 1.60 bits per heavy atom. The van der Waals surface area contributed by atoms with Crippen LogP contribution in [-0.4, -0.2) is 24.4 Å². The predicted molar refractivity (Wildman–Crippen MR) is 63.0 cm³/mol. The highest BCUT2D eigenvalue weighted by molar-refractivity contribution is 14.1. The van der Waals surface area contributed by atoms with Crippen LogP contribution in [0.1, 0.15) is 5.69 Å². The molecule has 0 aliphatic carbocycles. The molecule has 1 N–H and O–H groups in total. The smallest absolute Gasteiger partial charge is 0.243 e. The normalized spacial score (nSPS) is 10.9. The zero-order valence-corrected chi connectivity index (χ0v) is 10.6. The topological polar surface area (TPSA) is 82.8 Å². The lowest BCUT2D eigenvalue weighted by atomic mass is 10.4. The molecule has 0 aliphatic rings. The standard InChI is InChI=1S/C8H8IN3O2S/c9-3-5-12-15(13,14)8-2-1-4-11-7(8)6-10/h1-2,4,12H,3,5H2. The van der Waals surface area contributed by atoms with Crippen LogP contribution >= 0.6 is 22.6 Å². The van der Waals surface area contributed by atoms with E-state index in [0.717, 1.165) is 0 Å². The first-order valence-electron chi connectivity index (χ1n) is 4.02. The van der Waals surface area contributed by atoms with Crippen molar-refractivity contribution >= 4 is 32.6 Å². The van der Waals surface area contributed by atoms with Crippen LogP contribution in [0.5, 0.6) is 0 Å². The van der Waals surface area contributed by atoms with E-state index >= 15 is 0 Å². The first-order chi connectivity index (χ1) is 7.11. The van der Waals surface area contributed by atoms with E-state index in [1.54, 1.807) is 6.07 Å². The third-order valence-corrected chi connectivity index (χ3v) is 3.58. The maximum atomic E-state index is 11.7. The largest absolute Gasteiger partial charge is 0.244 e. The molecule has 0 bridgehead atoms. The third-order valence-electron chi connectivity index (χ3n) is 1.55. The molecule has 0 spiro atoms. The molecule has 0 aliphatic heterocycles. The number of hydrogen-bond acceptors (Lipinski definition) is 4. The average Bonchev–Trinajstić information content (AvgIpc) is 2.26. The fourth-order valence-corrected chi connectivity index (χ4v) is 2.71. The van der Waals surface area contributed by atoms with Crippen molar-refractivity contribution < 1.29 is 8.42 Å². The minimum absolute atomic E-state index is 0.0719. The van der Waals surface area contributed by atoms with Crippen LogP contribution in [0.3, 0.4) is 0 Å². The third kappa shape index (κ3) is 3.12. The minimum atomic E-state index is -3.60. The second kappa shape index (κ2) is 5.39. The zero-order chi connectivity index (χ0) is 11.3. The summed E-state index contributed by atoms with van der Waals surface area (Å²) in [6.07, 6.45) is 1.38. The van der Waals surface area contributed by atoms with Gasteiger partial charge in [-0.2, -0.15) is 5.26 Å². The highest BCUT2D eigenvalue weighted by atomic mass is 127. The summed E-state index contributed by atoms with van der Waals surface area (Å²) in [5.74, 6) is 0. The second-order valence-electron chi connectivity index (χ2n) is 2.55. The Hall–Kier alpha value is -0.720. The average molecular weight is 337 g/mol. The number of nitriles is 1. The van der Waals surface area contributed by atoms with Gasteiger partial charge in [0.25, 0.3) is 0 Å². The van der Waals surface area contributed by atoms with Crippen molar-refractivity contribution in [1.82, 2.24) is 9.71 Å². The number of aromatic nitrogens is 1. The van der Waals surface area contributed by atoms with Gasteiger partial charge in [0.1, 0.15) is 11.0 Å². The molecule has 0 fully saturated rings. The van der Waals surface area contributed by atoms with Crippen molar-refractivity contribution in [3.63, 3.8) is 0 Å². The number of halogens is 1. The quantitative estimate of drug-likeness (QED) is 0.647. The van der Waals surface area contributed by atoms with Crippen LogP contribution in [0.4, 0.5) is 0 Å². The number of sulfonamides is 1. The summed E-state index contributed by atoms with van der Waals surface area (Å²) >= 11 is 2.06. The van der Waals surface area contributed by atoms with Crippen LogP contribution < -0.4 is 4.72 Å². The van der Waals surface area contributed by atoms with E-state index in [9.17, 15) is 8.42 Å². The molecule has 0 saturated carbocycles. The van der Waals surface area contributed by atoms with Crippen LogP contribution in [-0.2, 0) is 10.0 Å². The minimum Gasteiger partial charge on any atom is -0.244 e. The van der Waals surface area contributed by atoms with Gasteiger partial charge in [-0.15, -0.1) is 0 Å². The Kier molecular flexibility index (Phi) is 4.44. The molecule has 0 aromatic carbocycles. The highest BCUT2D eigenvalue weighted by Crippen LogP contribution is 2.11. The van der Waals surface area contributed by atoms with Gasteiger partial charge >= 0.3 is 0 Å². The number of pyridine rings is 1. The first-order valence-corrected chi connectivity index (χ1v) is 7.03. The van der Waals surface area contributed by atoms with Crippen molar-refractivity contribution in [3.8, 4) is 6.07 Å². The first kappa shape index (κ1) is 12.4. The maximum Gasteiger partial charge on any atom is 0.243 e. The van der Waals surface area contributed by atoms with Gasteiger partial charge in [0.15, 0.2) is 5.69 Å². The van der Waals surface area contributed by atoms with Gasteiger partial charge in [-0.25, -0.2) is 18.1 Å². The van der Waals surface area contributed by atoms with Crippen molar-refractivity contribution in [2.75, 3.05) is 11.0 Å². The molecule has 7 heteroatoms. The molecule has 15 heavy (non-hydrogen) atoms. The Morgan fingerprint density at radius 3 is 2.93 bits per heavy atom. The van der Waals surface area contributed by atoms with Gasteiger partial charge in [-0.1, -0.05) is 22.6 Å². The van der Waals surface area contributed by atoms with Crippen LogP contribution in [0, 0.1) is 11.3 Å². The van der Waals surface area contributed by atoms with Gasteiger partial charge in [0.2, 0.25) is 10.0 Å². The zero-order valence-electron chi connectivity index (χ0n) is 7.64. The molecular formula is C8H8IN3O2S. The van der Waals surface area contributed by atoms with E-state index < -0.39 is 10.0 Å². The summed E-state index contributed by atoms with van der Waals surface area (Å²) in [4.78, 5) is 3.62. The molecule has 1 rings (SSSR count). The lowest BCUT2D eigenvalue weighted by Crippen LogP contribution is -2.26. The van der Waals surface area contributed by atoms with E-state index in [-0.39, 0.29) is 10.6 Å². The molecule has 0 unspecified atom stereocenters. The Balaban J connectivity index is 3.11. The summed E-state index contributed by atoms with van der Waals surface area (Å²) < 4.78 is 26.4. The van der Waals surface area contributed by atoms with Crippen molar-refractivity contribution in [2.24, 2.45) is 0 Å². The van der Waals surface area contributed by atoms with Crippen LogP contribution in [0.25, 0.3) is 0 Å². The summed E-state index contributed by atoms with van der Waals surface area (Å²) in [5, 5.41) is 8.70. The fraction of sp³-hybridized carbons (Fsp3) is 0.250. The molecule has 0 saturated heterocycles. The Morgan fingerprint density at radius 2 is 2.33 bits per heavy atom. The lowest BCUT2D eigenvalue weighted by Gasteiger charge is -2.05. The molecule has 80 valence electrons. The second-order valence-corrected chi connectivity index (χ2v) is 5.36. The van der Waals surface area contributed by atoms with Crippen molar-refractivity contribution in [2.45, 2.75) is 4.90 Å². The molecular weight excluding hydrogens is 329 g/mol. The van der Waals surface area contributed by atoms with Gasteiger partial charge < -0.3 is 0 Å². The Labute approximate surface area is 102 Å². The summed E-state index contributed by atoms with van der Waals surface area (Å²) in [7, 11) is -3.60. The predicted octanol–water partition coefficient (Wildman–Crippen LogP) is 0.667. The highest BCUT2D eigenvalue weighted by Gasteiger charge is 2.17. The molecule has 1 heterocycles. The van der Waals surface area contributed by atoms with Gasteiger partial charge in [-0.3, -0.25) is 0 Å². The van der Waals surface area contributed by atoms with Crippen LogP contribution in [0.15, 0.2) is 23.2 Å². The summed E-state index contributed by atoms with van der Waals surface area (Å²) in [6, 6.07) is 4.59. The summed E-state index contributed by atoms with van der Waals surface area (Å²) in [6.45, 7) is 0.336. The SMILES string of the molecule is N#Cc1ncccc1S(=O)(=O)NCCI. The number of nitrogens with zero attached hydrogens (tertiary/aromatic N) is 2. The number of hydrogen-bond donors (Lipinski definition) is 1. The molecule has 1 aromatic heterocycles. The lowest BCUT2D eigenvalue weighted by molar-refractivity contribution is 0.583. The molecule has 0 amide bonds. The Bertz CT molecular complexity index is 481. The number of alkyl halides is 1. The molecule has 1 aromatic rings. The molecule has 0 radical (unpaired) electrons. The van der Waals surface area contributed by atoms with Gasteiger partial charge in [-0.05, 0) is 12.1 Å². The number of nitrogens with one attached hydrogen (secondary N) is 1. The monoisotopic (exact) mass is 337 g/mol. The van der Waals surface area contributed by atoms with Gasteiger partial charge in [0.05, 0.1) is 0 Å². The van der Waals surface area contributed by atoms with Crippen molar-refractivity contribution in [1.29, 1.82) is 5.26 Å². The van der Waals surface area contributed by atoms with E-state index in [1.165, 1.54) is 18.3 Å². The fourth-order valence-electron chi connectivity index (χ4n) is 0.942. The molecule has 0 atom stereocenters. The molecule has 5 nitrogen and oxygen atoms in total. The van der Waals surface area contributed by atoms with E-state index in [1.807, 2.05) is 0 Å². The summed E-state index contributed by atoms with van der Waals surface area (Å²) in [5.41, 5.74) is -0.0848. The van der Waals surface area contributed by atoms with Crippen molar-refractivity contribution in [3.05, 3.63) is 24.0 Å². The maximum absolute atomic E-state index is 11.7. The van der Waals surface area contributed by atoms with E-state index in [4.69, 9.17) is 5.26 Å². The van der Waals surface area contributed by atoms with E-state index in [0.29, 0.717) is 11.0 Å².